The van der Waals surface area contributed by atoms with Crippen LogP contribution in [0, 0.1) is 5.92 Å². The fourth-order valence-electron chi connectivity index (χ4n) is 3.87. The van der Waals surface area contributed by atoms with Gasteiger partial charge in [-0.05, 0) is 48.4 Å². The molecule has 1 aliphatic carbocycles. The van der Waals surface area contributed by atoms with Crippen molar-refractivity contribution < 1.29 is 22.8 Å². The first kappa shape index (κ1) is 17.8. The fourth-order valence-corrected chi connectivity index (χ4v) is 3.87. The van der Waals surface area contributed by atoms with Crippen molar-refractivity contribution >= 4 is 16.9 Å². The van der Waals surface area contributed by atoms with Gasteiger partial charge in [0, 0.05) is 18.5 Å². The lowest BCUT2D eigenvalue weighted by atomic mass is 9.78. The van der Waals surface area contributed by atoms with Gasteiger partial charge < -0.3 is 4.84 Å². The predicted octanol–water partition coefficient (Wildman–Crippen LogP) is 5.32. The van der Waals surface area contributed by atoms with Crippen LogP contribution in [0.4, 0.5) is 13.2 Å². The Morgan fingerprint density at radius 3 is 2.52 bits per heavy atom. The Morgan fingerprint density at radius 1 is 1.24 bits per heavy atom. The molecule has 25 heavy (non-hydrogen) atoms. The lowest BCUT2D eigenvalue weighted by Gasteiger charge is -2.27. The molecule has 136 valence electrons. The number of carbonyl (C=O) groups excluding carboxylic acids is 1. The summed E-state index contributed by atoms with van der Waals surface area (Å²) in [5, 5.41) is 0.508. The number of aromatic nitrogens is 1. The molecule has 0 bridgehead atoms. The second kappa shape index (κ2) is 6.73. The van der Waals surface area contributed by atoms with Crippen LogP contribution < -0.4 is 4.84 Å². The van der Waals surface area contributed by atoms with E-state index in [1.165, 1.54) is 30.2 Å². The van der Waals surface area contributed by atoms with Gasteiger partial charge in [0.05, 0.1) is 11.1 Å². The molecule has 1 atom stereocenters. The van der Waals surface area contributed by atoms with Crippen LogP contribution in [-0.2, 0) is 11.0 Å². The summed E-state index contributed by atoms with van der Waals surface area (Å²) in [6.45, 7) is 3.34. The highest BCUT2D eigenvalue weighted by molar-refractivity contribution is 5.85. The molecule has 3 rings (SSSR count). The molecule has 1 unspecified atom stereocenters. The van der Waals surface area contributed by atoms with E-state index in [2.05, 4.69) is 6.92 Å². The number of carbonyl (C=O) groups is 1. The molecule has 1 aliphatic rings. The summed E-state index contributed by atoms with van der Waals surface area (Å²) >= 11 is 0. The van der Waals surface area contributed by atoms with Gasteiger partial charge in [0.1, 0.15) is 0 Å². The number of halogens is 3. The molecule has 1 heterocycles. The summed E-state index contributed by atoms with van der Waals surface area (Å²) < 4.78 is 40.7. The Hall–Kier alpha value is -1.98. The van der Waals surface area contributed by atoms with Crippen LogP contribution in [0.3, 0.4) is 0 Å². The van der Waals surface area contributed by atoms with Crippen LogP contribution in [0.1, 0.15) is 63.0 Å². The summed E-state index contributed by atoms with van der Waals surface area (Å²) in [6, 6.07) is 3.57. The van der Waals surface area contributed by atoms with E-state index in [0.29, 0.717) is 16.8 Å². The van der Waals surface area contributed by atoms with Crippen LogP contribution in [0.5, 0.6) is 0 Å². The first-order chi connectivity index (χ1) is 11.8. The Kier molecular flexibility index (Phi) is 4.80. The second-order valence-electron chi connectivity index (χ2n) is 6.91. The predicted molar refractivity (Wildman–Crippen MR) is 89.2 cm³/mol. The summed E-state index contributed by atoms with van der Waals surface area (Å²) in [5.74, 6) is 0.0523. The molecule has 6 heteroatoms. The van der Waals surface area contributed by atoms with Gasteiger partial charge in [-0.25, -0.2) is 4.79 Å². The van der Waals surface area contributed by atoms with Crippen LogP contribution in [0.2, 0.25) is 0 Å². The molecule has 0 spiro atoms. The van der Waals surface area contributed by atoms with Gasteiger partial charge in [0.15, 0.2) is 0 Å². The quantitative estimate of drug-likeness (QED) is 0.748. The van der Waals surface area contributed by atoms with Crippen molar-refractivity contribution in [3.63, 3.8) is 0 Å². The van der Waals surface area contributed by atoms with E-state index in [1.807, 2.05) is 0 Å². The Bertz CT molecular complexity index is 773. The van der Waals surface area contributed by atoms with Gasteiger partial charge >= 0.3 is 12.1 Å². The van der Waals surface area contributed by atoms with Crippen molar-refractivity contribution in [3.05, 3.63) is 35.5 Å². The molecule has 0 aliphatic heterocycles. The Labute approximate surface area is 144 Å². The van der Waals surface area contributed by atoms with E-state index in [-0.39, 0.29) is 5.92 Å². The number of alkyl halides is 3. The normalized spacial score (nSPS) is 17.6. The van der Waals surface area contributed by atoms with E-state index < -0.39 is 17.7 Å². The summed E-state index contributed by atoms with van der Waals surface area (Å²) in [5.41, 5.74) is 0.618. The monoisotopic (exact) mass is 353 g/mol. The fraction of sp³-hybridized carbons (Fsp3) is 0.526. The largest absolute Gasteiger partial charge is 0.416 e. The van der Waals surface area contributed by atoms with E-state index in [4.69, 9.17) is 4.84 Å². The lowest BCUT2D eigenvalue weighted by molar-refractivity contribution is -0.141. The third kappa shape index (κ3) is 3.67. The van der Waals surface area contributed by atoms with Crippen LogP contribution in [0.15, 0.2) is 24.4 Å². The molecule has 0 saturated heterocycles. The molecule has 1 aromatic heterocycles. The van der Waals surface area contributed by atoms with Crippen LogP contribution >= 0.6 is 0 Å². The highest BCUT2D eigenvalue weighted by Gasteiger charge is 2.32. The molecule has 3 nitrogen and oxygen atoms in total. The highest BCUT2D eigenvalue weighted by Crippen LogP contribution is 2.40. The van der Waals surface area contributed by atoms with Gasteiger partial charge in [-0.3, -0.25) is 0 Å². The van der Waals surface area contributed by atoms with E-state index in [1.54, 1.807) is 6.20 Å². The summed E-state index contributed by atoms with van der Waals surface area (Å²) in [4.78, 5) is 16.5. The third-order valence-corrected chi connectivity index (χ3v) is 5.20. The van der Waals surface area contributed by atoms with E-state index in [0.717, 1.165) is 37.3 Å². The third-order valence-electron chi connectivity index (χ3n) is 5.20. The average molecular weight is 353 g/mol. The van der Waals surface area contributed by atoms with Crippen molar-refractivity contribution in [3.8, 4) is 0 Å². The van der Waals surface area contributed by atoms with Crippen molar-refractivity contribution in [2.45, 2.75) is 58.0 Å². The molecular formula is C19H22F3NO2. The standard InChI is InChI=1S/C19H22F3NO2/c1-12(14-6-4-3-5-7-14)17-11-23(25-13(2)24)18-9-8-15(10-16(17)18)19(20,21)22/h8-12,14H,3-7H2,1-2H3. The van der Waals surface area contributed by atoms with Gasteiger partial charge in [-0.2, -0.15) is 17.9 Å². The van der Waals surface area contributed by atoms with E-state index in [9.17, 15) is 18.0 Å². The molecule has 0 N–H and O–H groups in total. The number of rotatable bonds is 3. The number of hydrogen-bond donors (Lipinski definition) is 0. The second-order valence-corrected chi connectivity index (χ2v) is 6.91. The molecule has 1 fully saturated rings. The maximum Gasteiger partial charge on any atom is 0.416 e. The zero-order valence-corrected chi connectivity index (χ0v) is 14.4. The van der Waals surface area contributed by atoms with Gasteiger partial charge in [0.25, 0.3) is 0 Å². The molecule has 1 aromatic carbocycles. The van der Waals surface area contributed by atoms with Crippen LogP contribution in [0.25, 0.3) is 10.9 Å². The van der Waals surface area contributed by atoms with Crippen molar-refractivity contribution in [2.24, 2.45) is 5.92 Å². The Morgan fingerprint density at radius 2 is 1.92 bits per heavy atom. The van der Waals surface area contributed by atoms with Gasteiger partial charge in [-0.15, -0.1) is 0 Å². The Balaban J connectivity index is 2.09. The van der Waals surface area contributed by atoms with Crippen molar-refractivity contribution in [1.29, 1.82) is 0 Å². The van der Waals surface area contributed by atoms with Gasteiger partial charge in [0.2, 0.25) is 0 Å². The van der Waals surface area contributed by atoms with E-state index >= 15 is 0 Å². The highest BCUT2D eigenvalue weighted by atomic mass is 19.4. The molecule has 0 radical (unpaired) electrons. The minimum Gasteiger partial charge on any atom is -0.337 e. The number of hydrogen-bond acceptors (Lipinski definition) is 2. The summed E-state index contributed by atoms with van der Waals surface area (Å²) in [6.07, 6.45) is 2.97. The molecule has 2 aromatic rings. The first-order valence-corrected chi connectivity index (χ1v) is 8.68. The van der Waals surface area contributed by atoms with Crippen LogP contribution in [-0.4, -0.2) is 10.7 Å². The van der Waals surface area contributed by atoms with Gasteiger partial charge in [-0.1, -0.05) is 26.2 Å². The lowest BCUT2D eigenvalue weighted by Crippen LogP contribution is -2.16. The average Bonchev–Trinajstić information content (AvgIpc) is 2.91. The molecule has 1 saturated carbocycles. The first-order valence-electron chi connectivity index (χ1n) is 8.68. The zero-order valence-electron chi connectivity index (χ0n) is 14.4. The number of nitrogens with zero attached hydrogens (tertiary/aromatic N) is 1. The molecule has 0 amide bonds. The number of benzene rings is 1. The zero-order chi connectivity index (χ0) is 18.2. The minimum absolute atomic E-state index is 0.114. The number of fused-ring (bicyclic) bond motifs is 1. The van der Waals surface area contributed by atoms with Crippen molar-refractivity contribution in [2.75, 3.05) is 0 Å². The minimum atomic E-state index is -4.40. The maximum absolute atomic E-state index is 13.1. The van der Waals surface area contributed by atoms with Crippen molar-refractivity contribution in [1.82, 2.24) is 4.73 Å². The smallest absolute Gasteiger partial charge is 0.337 e. The topological polar surface area (TPSA) is 31.2 Å². The SMILES string of the molecule is CC(=O)On1cc(C(C)C2CCCCC2)c2cc(C(F)(F)F)ccc21. The summed E-state index contributed by atoms with van der Waals surface area (Å²) in [7, 11) is 0. The maximum atomic E-state index is 13.1. The molecular weight excluding hydrogens is 331 g/mol.